The molecule has 0 saturated carbocycles. The first-order valence-corrected chi connectivity index (χ1v) is 6.15. The number of rotatable bonds is 3. The van der Waals surface area contributed by atoms with Crippen molar-refractivity contribution in [2.75, 3.05) is 26.2 Å². The largest absolute Gasteiger partial charge is 0.361 e. The third-order valence-corrected chi connectivity index (χ3v) is 3.76. The van der Waals surface area contributed by atoms with Crippen molar-refractivity contribution < 1.29 is 0 Å². The Morgan fingerprint density at radius 3 is 2.69 bits per heavy atom. The molecule has 2 rings (SSSR count). The van der Waals surface area contributed by atoms with Crippen molar-refractivity contribution in [3.05, 3.63) is 22.4 Å². The molecule has 1 aromatic heterocycles. The third kappa shape index (κ3) is 2.23. The standard InChI is InChI=1S/C11H14N4S/c12-8-10(11-2-1-7-16-11)15-5-3-14(9-13)4-6-15/h1-2,7,9-10,13H,3-6H2. The Morgan fingerprint density at radius 1 is 1.44 bits per heavy atom. The third-order valence-electron chi connectivity index (χ3n) is 2.83. The summed E-state index contributed by atoms with van der Waals surface area (Å²) in [4.78, 5) is 5.27. The van der Waals surface area contributed by atoms with Crippen molar-refractivity contribution in [3.8, 4) is 6.07 Å². The molecule has 0 bridgehead atoms. The molecule has 1 aromatic rings. The Labute approximate surface area is 99.2 Å². The summed E-state index contributed by atoms with van der Waals surface area (Å²) in [5.74, 6) is 0. The van der Waals surface area contributed by atoms with Gasteiger partial charge < -0.3 is 4.90 Å². The van der Waals surface area contributed by atoms with Crippen molar-refractivity contribution in [3.63, 3.8) is 0 Å². The van der Waals surface area contributed by atoms with Crippen molar-refractivity contribution >= 4 is 17.7 Å². The maximum atomic E-state index is 9.23. The molecule has 1 unspecified atom stereocenters. The summed E-state index contributed by atoms with van der Waals surface area (Å²) in [6.07, 6.45) is 1.38. The zero-order valence-corrected chi connectivity index (χ0v) is 9.78. The van der Waals surface area contributed by atoms with Gasteiger partial charge in [-0.3, -0.25) is 10.3 Å². The Morgan fingerprint density at radius 2 is 2.19 bits per heavy atom. The van der Waals surface area contributed by atoms with Gasteiger partial charge in [0, 0.05) is 31.1 Å². The molecule has 0 amide bonds. The van der Waals surface area contributed by atoms with Crippen molar-refractivity contribution in [2.24, 2.45) is 0 Å². The van der Waals surface area contributed by atoms with Crippen LogP contribution in [0.25, 0.3) is 0 Å². The molecule has 1 saturated heterocycles. The lowest BCUT2D eigenvalue weighted by atomic mass is 10.2. The Hall–Kier alpha value is -1.38. The molecular formula is C11H14N4S. The van der Waals surface area contributed by atoms with Crippen LogP contribution in [0, 0.1) is 16.7 Å². The molecule has 1 aliphatic rings. The summed E-state index contributed by atoms with van der Waals surface area (Å²) in [5, 5.41) is 18.4. The minimum absolute atomic E-state index is 0.118. The predicted molar refractivity (Wildman–Crippen MR) is 64.6 cm³/mol. The van der Waals surface area contributed by atoms with E-state index in [1.54, 1.807) is 11.3 Å². The molecule has 1 aliphatic heterocycles. The van der Waals surface area contributed by atoms with Crippen LogP contribution in [0.15, 0.2) is 17.5 Å². The van der Waals surface area contributed by atoms with E-state index in [0.717, 1.165) is 31.1 Å². The lowest BCUT2D eigenvalue weighted by molar-refractivity contribution is 0.161. The second-order valence-corrected chi connectivity index (χ2v) is 4.73. The summed E-state index contributed by atoms with van der Waals surface area (Å²) >= 11 is 1.63. The van der Waals surface area contributed by atoms with E-state index >= 15 is 0 Å². The molecule has 1 atom stereocenters. The zero-order valence-electron chi connectivity index (χ0n) is 8.97. The van der Waals surface area contributed by atoms with Crippen LogP contribution in [0.2, 0.25) is 0 Å². The van der Waals surface area contributed by atoms with Gasteiger partial charge in [0.25, 0.3) is 0 Å². The molecule has 0 spiro atoms. The molecule has 4 nitrogen and oxygen atoms in total. The summed E-state index contributed by atoms with van der Waals surface area (Å²) in [6.45, 7) is 3.39. The fraction of sp³-hybridized carbons (Fsp3) is 0.455. The number of nitrogens with one attached hydrogen (secondary N) is 1. The van der Waals surface area contributed by atoms with Crippen molar-refractivity contribution in [2.45, 2.75) is 6.04 Å². The topological polar surface area (TPSA) is 54.1 Å². The summed E-state index contributed by atoms with van der Waals surface area (Å²) in [6, 6.07) is 6.25. The highest BCUT2D eigenvalue weighted by molar-refractivity contribution is 7.10. The van der Waals surface area contributed by atoms with E-state index in [2.05, 4.69) is 11.0 Å². The molecular weight excluding hydrogens is 220 g/mol. The average molecular weight is 234 g/mol. The lowest BCUT2D eigenvalue weighted by Crippen LogP contribution is -2.46. The van der Waals surface area contributed by atoms with Gasteiger partial charge in [-0.15, -0.1) is 11.3 Å². The van der Waals surface area contributed by atoms with Gasteiger partial charge in [-0.25, -0.2) is 0 Å². The Bertz CT molecular complexity index is 373. The maximum Gasteiger partial charge on any atom is 0.133 e. The molecule has 0 aliphatic carbocycles. The number of nitrogens with zero attached hydrogens (tertiary/aromatic N) is 3. The summed E-state index contributed by atoms with van der Waals surface area (Å²) in [5.41, 5.74) is 0. The Kier molecular flexibility index (Phi) is 3.54. The van der Waals surface area contributed by atoms with E-state index in [1.165, 1.54) is 6.34 Å². The normalized spacial score (nSPS) is 19.1. The minimum atomic E-state index is -0.118. The Balaban J connectivity index is 2.02. The number of hydrogen-bond acceptors (Lipinski definition) is 4. The average Bonchev–Trinajstić information content (AvgIpc) is 2.85. The van der Waals surface area contributed by atoms with Crippen molar-refractivity contribution in [1.29, 1.82) is 10.7 Å². The highest BCUT2D eigenvalue weighted by Crippen LogP contribution is 2.25. The highest BCUT2D eigenvalue weighted by atomic mass is 32.1. The van der Waals surface area contributed by atoms with E-state index in [4.69, 9.17) is 5.41 Å². The summed E-state index contributed by atoms with van der Waals surface area (Å²) < 4.78 is 0. The molecule has 1 fully saturated rings. The predicted octanol–water partition coefficient (Wildman–Crippen LogP) is 1.54. The quantitative estimate of drug-likeness (QED) is 0.637. The van der Waals surface area contributed by atoms with Gasteiger partial charge in [0.1, 0.15) is 6.04 Å². The molecule has 0 aromatic carbocycles. The van der Waals surface area contributed by atoms with Gasteiger partial charge in [-0.2, -0.15) is 5.26 Å². The summed E-state index contributed by atoms with van der Waals surface area (Å²) in [7, 11) is 0. The second-order valence-electron chi connectivity index (χ2n) is 3.75. The number of thiophene rings is 1. The van der Waals surface area contributed by atoms with Gasteiger partial charge in [-0.05, 0) is 11.4 Å². The number of piperazine rings is 1. The van der Waals surface area contributed by atoms with Crippen LogP contribution in [0.1, 0.15) is 10.9 Å². The van der Waals surface area contributed by atoms with E-state index in [1.807, 2.05) is 22.4 Å². The van der Waals surface area contributed by atoms with Crippen LogP contribution < -0.4 is 0 Å². The smallest absolute Gasteiger partial charge is 0.133 e. The van der Waals surface area contributed by atoms with Crippen LogP contribution in [-0.4, -0.2) is 42.3 Å². The molecule has 0 radical (unpaired) electrons. The van der Waals surface area contributed by atoms with E-state index in [0.29, 0.717) is 0 Å². The highest BCUT2D eigenvalue weighted by Gasteiger charge is 2.24. The van der Waals surface area contributed by atoms with Gasteiger partial charge in [-0.1, -0.05) is 6.07 Å². The second kappa shape index (κ2) is 5.10. The SMILES string of the molecule is N#CC(c1cccs1)N1CCN(C=N)CC1. The van der Waals surface area contributed by atoms with Gasteiger partial charge in [0.15, 0.2) is 0 Å². The van der Waals surface area contributed by atoms with Crippen LogP contribution in [-0.2, 0) is 0 Å². The fourth-order valence-electron chi connectivity index (χ4n) is 1.90. The number of hydrogen-bond donors (Lipinski definition) is 1. The van der Waals surface area contributed by atoms with Gasteiger partial charge >= 0.3 is 0 Å². The van der Waals surface area contributed by atoms with Crippen LogP contribution in [0.3, 0.4) is 0 Å². The van der Waals surface area contributed by atoms with E-state index in [9.17, 15) is 5.26 Å². The van der Waals surface area contributed by atoms with E-state index < -0.39 is 0 Å². The molecule has 16 heavy (non-hydrogen) atoms. The molecule has 84 valence electrons. The van der Waals surface area contributed by atoms with Crippen molar-refractivity contribution in [1.82, 2.24) is 9.80 Å². The zero-order chi connectivity index (χ0) is 11.4. The van der Waals surface area contributed by atoms with Crippen LogP contribution in [0.5, 0.6) is 0 Å². The fourth-order valence-corrected chi connectivity index (χ4v) is 2.70. The molecule has 5 heteroatoms. The number of nitriles is 1. The molecule has 2 heterocycles. The molecule has 1 N–H and O–H groups in total. The minimum Gasteiger partial charge on any atom is -0.361 e. The van der Waals surface area contributed by atoms with Gasteiger partial charge in [0.2, 0.25) is 0 Å². The van der Waals surface area contributed by atoms with Crippen LogP contribution in [0.4, 0.5) is 0 Å². The maximum absolute atomic E-state index is 9.23. The lowest BCUT2D eigenvalue weighted by Gasteiger charge is -2.35. The first-order chi connectivity index (χ1) is 7.85. The van der Waals surface area contributed by atoms with Gasteiger partial charge in [0.05, 0.1) is 12.4 Å². The first kappa shape index (κ1) is 11.1. The van der Waals surface area contributed by atoms with E-state index in [-0.39, 0.29) is 6.04 Å². The first-order valence-electron chi connectivity index (χ1n) is 5.27. The van der Waals surface area contributed by atoms with Crippen LogP contribution >= 0.6 is 11.3 Å². The monoisotopic (exact) mass is 234 g/mol.